The van der Waals surface area contributed by atoms with Crippen molar-refractivity contribution in [3.8, 4) is 0 Å². The lowest BCUT2D eigenvalue weighted by molar-refractivity contribution is -0.139. The SMILES string of the molecule is O=C1CC(c2ccccc2)C(=O)N1CC1CCNC1. The summed E-state index contributed by atoms with van der Waals surface area (Å²) < 4.78 is 0. The standard InChI is InChI=1S/C15H18N2O2/c18-14-8-13(12-4-2-1-3-5-12)15(19)17(14)10-11-6-7-16-9-11/h1-5,11,13,16H,6-10H2. The molecule has 2 fully saturated rings. The topological polar surface area (TPSA) is 49.4 Å². The van der Waals surface area contributed by atoms with Crippen LogP contribution in [0.2, 0.25) is 0 Å². The van der Waals surface area contributed by atoms with E-state index in [-0.39, 0.29) is 17.7 Å². The summed E-state index contributed by atoms with van der Waals surface area (Å²) in [6, 6.07) is 9.60. The van der Waals surface area contributed by atoms with Crippen molar-refractivity contribution in [2.45, 2.75) is 18.8 Å². The molecule has 1 aromatic carbocycles. The largest absolute Gasteiger partial charge is 0.316 e. The molecule has 2 aliphatic rings. The number of nitrogens with one attached hydrogen (secondary N) is 1. The smallest absolute Gasteiger partial charge is 0.237 e. The maximum absolute atomic E-state index is 12.4. The lowest BCUT2D eigenvalue weighted by Crippen LogP contribution is -2.35. The van der Waals surface area contributed by atoms with Gasteiger partial charge in [-0.15, -0.1) is 0 Å². The van der Waals surface area contributed by atoms with Crippen LogP contribution in [0.5, 0.6) is 0 Å². The number of rotatable bonds is 3. The molecule has 100 valence electrons. The Morgan fingerprint density at radius 1 is 1.21 bits per heavy atom. The van der Waals surface area contributed by atoms with E-state index in [0.29, 0.717) is 18.9 Å². The molecular formula is C15H18N2O2. The first-order valence-electron chi connectivity index (χ1n) is 6.85. The minimum atomic E-state index is -0.275. The van der Waals surface area contributed by atoms with Gasteiger partial charge in [-0.1, -0.05) is 30.3 Å². The zero-order chi connectivity index (χ0) is 13.2. The summed E-state index contributed by atoms with van der Waals surface area (Å²) in [5.41, 5.74) is 0.952. The minimum Gasteiger partial charge on any atom is -0.316 e. The van der Waals surface area contributed by atoms with E-state index in [4.69, 9.17) is 0 Å². The van der Waals surface area contributed by atoms with Crippen LogP contribution in [0.1, 0.15) is 24.3 Å². The molecule has 0 aliphatic carbocycles. The summed E-state index contributed by atoms with van der Waals surface area (Å²) in [5.74, 6) is 0.0966. The van der Waals surface area contributed by atoms with E-state index < -0.39 is 0 Å². The molecule has 0 saturated carbocycles. The molecule has 0 spiro atoms. The van der Waals surface area contributed by atoms with Gasteiger partial charge in [-0.05, 0) is 31.0 Å². The van der Waals surface area contributed by atoms with E-state index in [1.54, 1.807) is 0 Å². The summed E-state index contributed by atoms with van der Waals surface area (Å²) in [7, 11) is 0. The van der Waals surface area contributed by atoms with Gasteiger partial charge in [0.05, 0.1) is 5.92 Å². The number of likely N-dealkylation sites (tertiary alicyclic amines) is 1. The Kier molecular flexibility index (Phi) is 3.34. The molecular weight excluding hydrogens is 240 g/mol. The molecule has 1 N–H and O–H groups in total. The van der Waals surface area contributed by atoms with Gasteiger partial charge in [-0.3, -0.25) is 14.5 Å². The van der Waals surface area contributed by atoms with Gasteiger partial charge in [-0.2, -0.15) is 0 Å². The van der Waals surface area contributed by atoms with Gasteiger partial charge in [0.15, 0.2) is 0 Å². The molecule has 3 rings (SSSR count). The Labute approximate surface area is 112 Å². The second-order valence-electron chi connectivity index (χ2n) is 5.37. The van der Waals surface area contributed by atoms with E-state index in [1.165, 1.54) is 4.90 Å². The molecule has 2 amide bonds. The summed E-state index contributed by atoms with van der Waals surface area (Å²) >= 11 is 0. The van der Waals surface area contributed by atoms with Crippen molar-refractivity contribution in [3.05, 3.63) is 35.9 Å². The molecule has 1 aromatic rings. The minimum absolute atomic E-state index is 0.0225. The molecule has 4 nitrogen and oxygen atoms in total. The number of hydrogen-bond acceptors (Lipinski definition) is 3. The highest BCUT2D eigenvalue weighted by atomic mass is 16.2. The summed E-state index contributed by atoms with van der Waals surface area (Å²) in [4.78, 5) is 25.9. The predicted molar refractivity (Wildman–Crippen MR) is 71.5 cm³/mol. The number of nitrogens with zero attached hydrogens (tertiary/aromatic N) is 1. The first kappa shape index (κ1) is 12.4. The fourth-order valence-corrected chi connectivity index (χ4v) is 2.95. The number of amides is 2. The van der Waals surface area contributed by atoms with E-state index in [0.717, 1.165) is 25.1 Å². The quantitative estimate of drug-likeness (QED) is 0.827. The van der Waals surface area contributed by atoms with Crippen LogP contribution in [0.3, 0.4) is 0 Å². The Bertz CT molecular complexity index is 480. The van der Waals surface area contributed by atoms with Crippen molar-refractivity contribution in [2.75, 3.05) is 19.6 Å². The Balaban J connectivity index is 1.73. The van der Waals surface area contributed by atoms with Gasteiger partial charge >= 0.3 is 0 Å². The van der Waals surface area contributed by atoms with Gasteiger partial charge < -0.3 is 5.32 Å². The molecule has 0 radical (unpaired) electrons. The predicted octanol–water partition coefficient (Wildman–Crippen LogP) is 1.14. The zero-order valence-corrected chi connectivity index (χ0v) is 10.8. The van der Waals surface area contributed by atoms with Crippen molar-refractivity contribution in [1.82, 2.24) is 10.2 Å². The first-order valence-corrected chi connectivity index (χ1v) is 6.85. The van der Waals surface area contributed by atoms with Gasteiger partial charge in [0.25, 0.3) is 0 Å². The van der Waals surface area contributed by atoms with Gasteiger partial charge in [0.2, 0.25) is 11.8 Å². The third-order valence-electron chi connectivity index (χ3n) is 4.05. The summed E-state index contributed by atoms with van der Waals surface area (Å²) in [6.07, 6.45) is 1.37. The lowest BCUT2D eigenvalue weighted by Gasteiger charge is -2.18. The second kappa shape index (κ2) is 5.13. The number of benzene rings is 1. The maximum atomic E-state index is 12.4. The molecule has 4 heteroatoms. The van der Waals surface area contributed by atoms with Crippen molar-refractivity contribution >= 4 is 11.8 Å². The summed E-state index contributed by atoms with van der Waals surface area (Å²) in [5, 5.41) is 3.27. The number of carbonyl (C=O) groups is 2. The summed E-state index contributed by atoms with van der Waals surface area (Å²) in [6.45, 7) is 2.48. The van der Waals surface area contributed by atoms with Gasteiger partial charge in [0.1, 0.15) is 0 Å². The van der Waals surface area contributed by atoms with Crippen LogP contribution < -0.4 is 5.32 Å². The van der Waals surface area contributed by atoms with Crippen molar-refractivity contribution < 1.29 is 9.59 Å². The Hall–Kier alpha value is -1.68. The number of carbonyl (C=O) groups excluding carboxylic acids is 2. The van der Waals surface area contributed by atoms with Crippen LogP contribution in [-0.4, -0.2) is 36.3 Å². The monoisotopic (exact) mass is 258 g/mol. The van der Waals surface area contributed by atoms with E-state index in [9.17, 15) is 9.59 Å². The normalized spacial score (nSPS) is 27.3. The zero-order valence-electron chi connectivity index (χ0n) is 10.8. The maximum Gasteiger partial charge on any atom is 0.237 e. The second-order valence-corrected chi connectivity index (χ2v) is 5.37. The van der Waals surface area contributed by atoms with Crippen molar-refractivity contribution in [3.63, 3.8) is 0 Å². The molecule has 2 aliphatic heterocycles. The molecule has 2 heterocycles. The fourth-order valence-electron chi connectivity index (χ4n) is 2.95. The van der Waals surface area contributed by atoms with Crippen LogP contribution in [0.15, 0.2) is 30.3 Å². The molecule has 19 heavy (non-hydrogen) atoms. The average molecular weight is 258 g/mol. The van der Waals surface area contributed by atoms with Gasteiger partial charge in [-0.25, -0.2) is 0 Å². The Morgan fingerprint density at radius 2 is 2.00 bits per heavy atom. The highest BCUT2D eigenvalue weighted by Gasteiger charge is 2.40. The van der Waals surface area contributed by atoms with E-state index in [1.807, 2.05) is 30.3 Å². The molecule has 0 aromatic heterocycles. The van der Waals surface area contributed by atoms with Crippen LogP contribution >= 0.6 is 0 Å². The van der Waals surface area contributed by atoms with Crippen molar-refractivity contribution in [2.24, 2.45) is 5.92 Å². The fraction of sp³-hybridized carbons (Fsp3) is 0.467. The average Bonchev–Trinajstić information content (AvgIpc) is 3.03. The molecule has 2 atom stereocenters. The highest BCUT2D eigenvalue weighted by molar-refractivity contribution is 6.06. The number of hydrogen-bond donors (Lipinski definition) is 1. The first-order chi connectivity index (χ1) is 9.25. The molecule has 2 unspecified atom stereocenters. The van der Waals surface area contributed by atoms with E-state index >= 15 is 0 Å². The van der Waals surface area contributed by atoms with Crippen LogP contribution in [0.4, 0.5) is 0 Å². The third kappa shape index (κ3) is 2.40. The van der Waals surface area contributed by atoms with Crippen LogP contribution in [0, 0.1) is 5.92 Å². The van der Waals surface area contributed by atoms with Crippen molar-refractivity contribution in [1.29, 1.82) is 0 Å². The van der Waals surface area contributed by atoms with Crippen LogP contribution in [-0.2, 0) is 9.59 Å². The highest BCUT2D eigenvalue weighted by Crippen LogP contribution is 2.30. The number of imide groups is 1. The third-order valence-corrected chi connectivity index (χ3v) is 4.05. The molecule has 0 bridgehead atoms. The lowest BCUT2D eigenvalue weighted by atomic mass is 9.98. The van der Waals surface area contributed by atoms with E-state index in [2.05, 4.69) is 5.32 Å². The molecule has 2 saturated heterocycles. The van der Waals surface area contributed by atoms with Gasteiger partial charge in [0, 0.05) is 13.0 Å². The van der Waals surface area contributed by atoms with Crippen LogP contribution in [0.25, 0.3) is 0 Å². The Morgan fingerprint density at radius 3 is 2.68 bits per heavy atom.